The summed E-state index contributed by atoms with van der Waals surface area (Å²) < 4.78 is 5.35. The van der Waals surface area contributed by atoms with Gasteiger partial charge in [-0.25, -0.2) is 0 Å². The summed E-state index contributed by atoms with van der Waals surface area (Å²) in [5, 5.41) is 8.64. The van der Waals surface area contributed by atoms with Crippen molar-refractivity contribution >= 4 is 35.5 Å². The van der Waals surface area contributed by atoms with Gasteiger partial charge in [0.15, 0.2) is 0 Å². The normalized spacial score (nSPS) is 16.5. The van der Waals surface area contributed by atoms with Crippen LogP contribution in [0.15, 0.2) is 30.3 Å². The third kappa shape index (κ3) is 12.9. The van der Waals surface area contributed by atoms with Gasteiger partial charge in [-0.05, 0) is 57.1 Å². The second-order valence-corrected chi connectivity index (χ2v) is 14.4. The van der Waals surface area contributed by atoms with Gasteiger partial charge in [0.05, 0.1) is 19.1 Å². The molecule has 0 spiro atoms. The topological polar surface area (TPSA) is 157 Å². The zero-order valence-corrected chi connectivity index (χ0v) is 32.9. The number of rotatable bonds is 20. The van der Waals surface area contributed by atoms with E-state index >= 15 is 0 Å². The highest BCUT2D eigenvalue weighted by molar-refractivity contribution is 5.96. The van der Waals surface area contributed by atoms with Crippen molar-refractivity contribution in [2.75, 3.05) is 40.8 Å². The number of amides is 5. The number of likely N-dealkylation sites (tertiary alicyclic amines) is 1. The summed E-state index contributed by atoms with van der Waals surface area (Å²) in [6.07, 6.45) is 4.80. The molecular weight excluding hydrogens is 664 g/mol. The van der Waals surface area contributed by atoms with Crippen LogP contribution in [0.25, 0.3) is 0 Å². The summed E-state index contributed by atoms with van der Waals surface area (Å²) in [6.45, 7) is 12.4. The van der Waals surface area contributed by atoms with Gasteiger partial charge in [-0.3, -0.25) is 28.8 Å². The van der Waals surface area contributed by atoms with E-state index in [2.05, 4.69) is 16.0 Å². The molecule has 0 aliphatic carbocycles. The molecule has 1 aliphatic heterocycles. The Morgan fingerprint density at radius 2 is 1.48 bits per heavy atom. The average molecular weight is 729 g/mol. The van der Waals surface area contributed by atoms with E-state index in [1.807, 2.05) is 51.1 Å². The number of piperidine rings is 1. The van der Waals surface area contributed by atoms with Gasteiger partial charge in [-0.2, -0.15) is 0 Å². The summed E-state index contributed by atoms with van der Waals surface area (Å²) in [7, 11) is 4.74. The molecule has 52 heavy (non-hydrogen) atoms. The molecule has 1 aromatic rings. The number of esters is 1. The highest BCUT2D eigenvalue weighted by Crippen LogP contribution is 2.19. The van der Waals surface area contributed by atoms with E-state index in [9.17, 15) is 28.8 Å². The van der Waals surface area contributed by atoms with Gasteiger partial charge >= 0.3 is 5.97 Å². The standard InChI is InChI=1S/C39H64N6O7/c1-10-12-23-52-32(46)25-30(38(50)45-21-17-14-18-22-45)42-36(48)34(26(3)4)44(9)39(51)31(24-29-19-15-13-16-20-29)43(8)37(49)28(6)41-35(47)33(40-7)27(5)11-2/h13,15-16,19-20,26-28,30-31,33-34,40H,10-12,14,17-18,21-25H2,1-9H3,(H,41,47)(H,42,48)/t27-,28-,30-,31-,33-,34-/m0/s1. The molecule has 0 aromatic heterocycles. The van der Waals surface area contributed by atoms with Gasteiger partial charge in [-0.1, -0.05) is 77.8 Å². The van der Waals surface area contributed by atoms with E-state index in [4.69, 9.17) is 4.74 Å². The van der Waals surface area contributed by atoms with Crippen molar-refractivity contribution in [1.29, 1.82) is 0 Å². The Morgan fingerprint density at radius 3 is 2.04 bits per heavy atom. The molecular formula is C39H64N6O7. The van der Waals surface area contributed by atoms with Crippen molar-refractivity contribution in [3.05, 3.63) is 35.9 Å². The Hall–Kier alpha value is -4.00. The van der Waals surface area contributed by atoms with Crippen LogP contribution in [0.3, 0.4) is 0 Å². The largest absolute Gasteiger partial charge is 0.466 e. The zero-order valence-electron chi connectivity index (χ0n) is 32.9. The first-order chi connectivity index (χ1) is 24.7. The van der Waals surface area contributed by atoms with Gasteiger partial charge in [0, 0.05) is 33.6 Å². The lowest BCUT2D eigenvalue weighted by atomic mass is 9.97. The van der Waals surface area contributed by atoms with Gasteiger partial charge in [0.1, 0.15) is 24.2 Å². The molecule has 1 aromatic carbocycles. The molecule has 13 nitrogen and oxygen atoms in total. The summed E-state index contributed by atoms with van der Waals surface area (Å²) in [5.74, 6) is -3.14. The average Bonchev–Trinajstić information content (AvgIpc) is 3.13. The molecule has 6 atom stereocenters. The zero-order chi connectivity index (χ0) is 39.0. The van der Waals surface area contributed by atoms with Gasteiger partial charge in [0.2, 0.25) is 29.5 Å². The van der Waals surface area contributed by atoms with Gasteiger partial charge < -0.3 is 35.4 Å². The van der Waals surface area contributed by atoms with E-state index in [0.717, 1.165) is 37.7 Å². The summed E-state index contributed by atoms with van der Waals surface area (Å²) in [4.78, 5) is 86.3. The van der Waals surface area contributed by atoms with Crippen molar-refractivity contribution in [3.8, 4) is 0 Å². The lowest BCUT2D eigenvalue weighted by molar-refractivity contribution is -0.151. The van der Waals surface area contributed by atoms with Gasteiger partial charge in [-0.15, -0.1) is 0 Å². The molecule has 0 bridgehead atoms. The molecule has 3 N–H and O–H groups in total. The maximum absolute atomic E-state index is 14.5. The van der Waals surface area contributed by atoms with Gasteiger partial charge in [0.25, 0.3) is 0 Å². The number of hydrogen-bond acceptors (Lipinski definition) is 8. The number of nitrogens with zero attached hydrogens (tertiary/aromatic N) is 3. The van der Waals surface area contributed by atoms with Crippen LogP contribution in [0.5, 0.6) is 0 Å². The lowest BCUT2D eigenvalue weighted by Crippen LogP contribution is -2.61. The molecule has 292 valence electrons. The van der Waals surface area contributed by atoms with Crippen molar-refractivity contribution in [1.82, 2.24) is 30.7 Å². The SMILES string of the molecule is CCCCOC(=O)C[C@H](NC(=O)[C@H](C(C)C)N(C)C(=O)[C@H](Cc1ccccc1)N(C)C(=O)[C@H](C)NC(=O)[C@@H](NC)[C@@H](C)CC)C(=O)N1CCCCC1. The van der Waals surface area contributed by atoms with Crippen molar-refractivity contribution in [2.24, 2.45) is 11.8 Å². The monoisotopic (exact) mass is 728 g/mol. The number of benzene rings is 1. The van der Waals surface area contributed by atoms with Crippen LogP contribution < -0.4 is 16.0 Å². The predicted molar refractivity (Wildman–Crippen MR) is 201 cm³/mol. The molecule has 2 rings (SSSR count). The van der Waals surface area contributed by atoms with Crippen LogP contribution in [0.4, 0.5) is 0 Å². The number of likely N-dealkylation sites (N-methyl/N-ethyl adjacent to an activating group) is 3. The molecule has 1 aliphatic rings. The minimum Gasteiger partial charge on any atom is -0.466 e. The van der Waals surface area contributed by atoms with Crippen LogP contribution in [-0.4, -0.2) is 121 Å². The van der Waals surface area contributed by atoms with E-state index in [-0.39, 0.29) is 37.2 Å². The minimum atomic E-state index is -1.16. The van der Waals surface area contributed by atoms with E-state index in [0.29, 0.717) is 19.5 Å². The highest BCUT2D eigenvalue weighted by Gasteiger charge is 2.39. The Kier molecular flexibility index (Phi) is 18.8. The fourth-order valence-electron chi connectivity index (χ4n) is 6.61. The Labute approximate surface area is 310 Å². The van der Waals surface area contributed by atoms with Crippen molar-refractivity contribution in [2.45, 2.75) is 123 Å². The molecule has 5 amide bonds. The first-order valence-corrected chi connectivity index (χ1v) is 19.0. The maximum atomic E-state index is 14.5. The van der Waals surface area contributed by atoms with E-state index in [1.54, 1.807) is 32.7 Å². The number of nitrogens with one attached hydrogen (secondary N) is 3. The number of unbranched alkanes of at least 4 members (excludes halogenated alkanes) is 1. The number of ether oxygens (including phenoxy) is 1. The predicted octanol–water partition coefficient (Wildman–Crippen LogP) is 2.91. The summed E-state index contributed by atoms with van der Waals surface area (Å²) in [5.41, 5.74) is 0.803. The van der Waals surface area contributed by atoms with Crippen molar-refractivity contribution in [3.63, 3.8) is 0 Å². The highest BCUT2D eigenvalue weighted by atomic mass is 16.5. The second-order valence-electron chi connectivity index (χ2n) is 14.4. The van der Waals surface area contributed by atoms with Crippen LogP contribution in [-0.2, 0) is 39.9 Å². The molecule has 13 heteroatoms. The first-order valence-electron chi connectivity index (χ1n) is 19.0. The number of carbonyl (C=O) groups excluding carboxylic acids is 6. The molecule has 1 heterocycles. The number of hydrogen-bond donors (Lipinski definition) is 3. The Bertz CT molecular complexity index is 1320. The van der Waals surface area contributed by atoms with Crippen LogP contribution in [0, 0.1) is 11.8 Å². The van der Waals surface area contributed by atoms with E-state index < -0.39 is 59.8 Å². The molecule has 0 radical (unpaired) electrons. The minimum absolute atomic E-state index is 0.0339. The second kappa shape index (κ2) is 22.2. The first kappa shape index (κ1) is 44.2. The third-order valence-corrected chi connectivity index (χ3v) is 9.99. The maximum Gasteiger partial charge on any atom is 0.308 e. The smallest absolute Gasteiger partial charge is 0.308 e. The van der Waals surface area contributed by atoms with Crippen LogP contribution in [0.1, 0.15) is 92.1 Å². The molecule has 0 unspecified atom stereocenters. The third-order valence-electron chi connectivity index (χ3n) is 9.99. The fourth-order valence-corrected chi connectivity index (χ4v) is 6.61. The van der Waals surface area contributed by atoms with Crippen molar-refractivity contribution < 1.29 is 33.5 Å². The molecule has 1 saturated heterocycles. The number of carbonyl (C=O) groups is 6. The van der Waals surface area contributed by atoms with Crippen LogP contribution >= 0.6 is 0 Å². The van der Waals surface area contributed by atoms with E-state index in [1.165, 1.54) is 23.9 Å². The van der Waals surface area contributed by atoms with Crippen LogP contribution in [0.2, 0.25) is 0 Å². The quantitative estimate of drug-likeness (QED) is 0.137. The lowest BCUT2D eigenvalue weighted by Gasteiger charge is -2.37. The Morgan fingerprint density at radius 1 is 0.846 bits per heavy atom. The summed E-state index contributed by atoms with van der Waals surface area (Å²) in [6, 6.07) is 4.61. The summed E-state index contributed by atoms with van der Waals surface area (Å²) >= 11 is 0. The molecule has 1 fully saturated rings. The molecule has 0 saturated carbocycles. The fraction of sp³-hybridized carbons (Fsp3) is 0.692. The Balaban J connectivity index is 2.37.